The number of benzene rings is 3. The first-order valence-corrected chi connectivity index (χ1v) is 11.3. The molecule has 0 aliphatic heterocycles. The van der Waals surface area contributed by atoms with Crippen LogP contribution in [0.25, 0.3) is 10.9 Å². The molecule has 0 unspecified atom stereocenters. The molecule has 0 fully saturated rings. The first kappa shape index (κ1) is 20.5. The molecule has 0 N–H and O–H groups in total. The molecule has 31 heavy (non-hydrogen) atoms. The number of hydrogen-bond donors (Lipinski definition) is 0. The zero-order valence-corrected chi connectivity index (χ0v) is 17.4. The molecule has 4 rings (SSSR count). The van der Waals surface area contributed by atoms with E-state index in [2.05, 4.69) is 4.98 Å². The summed E-state index contributed by atoms with van der Waals surface area (Å²) in [5.41, 5.74) is 0.300. The number of aromatic nitrogens is 2. The number of hydrogen-bond acceptors (Lipinski definition) is 6. The Bertz CT molecular complexity index is 1430. The van der Waals surface area contributed by atoms with Gasteiger partial charge in [0.05, 0.1) is 28.7 Å². The molecule has 0 aliphatic rings. The van der Waals surface area contributed by atoms with Crippen molar-refractivity contribution in [1.82, 2.24) is 9.55 Å². The van der Waals surface area contributed by atoms with Gasteiger partial charge in [0.2, 0.25) is 0 Å². The first-order valence-electron chi connectivity index (χ1n) is 9.37. The number of carbonyl (C=O) groups is 1. The molecule has 0 saturated heterocycles. The SMILES string of the molecule is CS(=O)(=O)c1ccc2ncn(CC(=O)c3ccc(Oc4ccccc4)cc3)c(=O)c2c1. The Kier molecular flexibility index (Phi) is 5.39. The van der Waals surface area contributed by atoms with Crippen molar-refractivity contribution < 1.29 is 17.9 Å². The van der Waals surface area contributed by atoms with Gasteiger partial charge >= 0.3 is 0 Å². The van der Waals surface area contributed by atoms with Crippen molar-refractivity contribution in [3.05, 3.63) is 95.0 Å². The summed E-state index contributed by atoms with van der Waals surface area (Å²) in [7, 11) is -3.47. The highest BCUT2D eigenvalue weighted by molar-refractivity contribution is 7.90. The Morgan fingerprint density at radius 2 is 1.65 bits per heavy atom. The number of carbonyl (C=O) groups excluding carboxylic acids is 1. The Balaban J connectivity index is 1.56. The van der Waals surface area contributed by atoms with Crippen LogP contribution in [0.1, 0.15) is 10.4 Å². The normalized spacial score (nSPS) is 11.4. The standard InChI is InChI=1S/C23H18N2O5S/c1-31(28,29)19-11-12-21-20(13-19)23(27)25(15-24-21)14-22(26)16-7-9-18(10-8-16)30-17-5-3-2-4-6-17/h2-13,15H,14H2,1H3. The van der Waals surface area contributed by atoms with Gasteiger partial charge in [-0.1, -0.05) is 18.2 Å². The monoisotopic (exact) mass is 434 g/mol. The van der Waals surface area contributed by atoms with Gasteiger partial charge in [-0.3, -0.25) is 14.2 Å². The van der Waals surface area contributed by atoms with E-state index in [-0.39, 0.29) is 22.6 Å². The highest BCUT2D eigenvalue weighted by Gasteiger charge is 2.13. The fourth-order valence-electron chi connectivity index (χ4n) is 3.06. The van der Waals surface area contributed by atoms with Gasteiger partial charge in [-0.05, 0) is 54.6 Å². The van der Waals surface area contributed by atoms with E-state index >= 15 is 0 Å². The van der Waals surface area contributed by atoms with Crippen LogP contribution in [0, 0.1) is 0 Å². The third-order valence-electron chi connectivity index (χ3n) is 4.69. The molecule has 0 radical (unpaired) electrons. The van der Waals surface area contributed by atoms with E-state index in [1.165, 1.54) is 29.1 Å². The number of ketones is 1. The summed E-state index contributed by atoms with van der Waals surface area (Å²) < 4.78 is 30.5. The molecule has 4 aromatic rings. The van der Waals surface area contributed by atoms with Crippen molar-refractivity contribution in [1.29, 1.82) is 0 Å². The third kappa shape index (κ3) is 4.54. The van der Waals surface area contributed by atoms with Crippen molar-refractivity contribution in [3.63, 3.8) is 0 Å². The lowest BCUT2D eigenvalue weighted by Crippen LogP contribution is -2.24. The molecule has 8 heteroatoms. The minimum absolute atomic E-state index is 0.0250. The van der Waals surface area contributed by atoms with Crippen molar-refractivity contribution in [3.8, 4) is 11.5 Å². The number of nitrogens with zero attached hydrogens (tertiary/aromatic N) is 2. The van der Waals surface area contributed by atoms with Crippen LogP contribution in [-0.2, 0) is 16.4 Å². The number of sulfone groups is 1. The molecule has 1 heterocycles. The van der Waals surface area contributed by atoms with Crippen LogP contribution in [0.5, 0.6) is 11.5 Å². The number of para-hydroxylation sites is 1. The first-order chi connectivity index (χ1) is 14.8. The summed E-state index contributed by atoms with van der Waals surface area (Å²) in [6, 6.07) is 20.0. The zero-order valence-electron chi connectivity index (χ0n) is 16.6. The maximum Gasteiger partial charge on any atom is 0.261 e. The van der Waals surface area contributed by atoms with Crippen LogP contribution in [0.15, 0.2) is 88.8 Å². The molecular formula is C23H18N2O5S. The molecule has 0 saturated carbocycles. The van der Waals surface area contributed by atoms with Gasteiger partial charge in [0, 0.05) is 11.8 Å². The Hall–Kier alpha value is -3.78. The quantitative estimate of drug-likeness (QED) is 0.431. The Morgan fingerprint density at radius 3 is 2.32 bits per heavy atom. The van der Waals surface area contributed by atoms with E-state index in [1.807, 2.05) is 30.3 Å². The van der Waals surface area contributed by atoms with E-state index in [0.717, 1.165) is 6.26 Å². The lowest BCUT2D eigenvalue weighted by molar-refractivity contribution is 0.0970. The summed E-state index contributed by atoms with van der Waals surface area (Å²) in [6.45, 7) is -0.218. The van der Waals surface area contributed by atoms with Crippen molar-refractivity contribution in [2.24, 2.45) is 0 Å². The number of Topliss-reactive ketones (excluding diaryl/α,β-unsaturated/α-hetero) is 1. The minimum atomic E-state index is -3.47. The fourth-order valence-corrected chi connectivity index (χ4v) is 3.71. The van der Waals surface area contributed by atoms with Gasteiger partial charge in [0.15, 0.2) is 15.6 Å². The van der Waals surface area contributed by atoms with E-state index in [4.69, 9.17) is 4.74 Å². The van der Waals surface area contributed by atoms with E-state index in [0.29, 0.717) is 22.6 Å². The van der Waals surface area contributed by atoms with Crippen LogP contribution in [0.2, 0.25) is 0 Å². The predicted molar refractivity (Wildman–Crippen MR) is 116 cm³/mol. The fraction of sp³-hybridized carbons (Fsp3) is 0.0870. The van der Waals surface area contributed by atoms with Gasteiger partial charge in [0.1, 0.15) is 11.5 Å². The molecule has 0 spiro atoms. The van der Waals surface area contributed by atoms with Crippen molar-refractivity contribution in [2.45, 2.75) is 11.4 Å². The number of rotatable bonds is 6. The number of ether oxygens (including phenoxy) is 1. The van der Waals surface area contributed by atoms with Gasteiger partial charge in [-0.25, -0.2) is 13.4 Å². The second-order valence-corrected chi connectivity index (χ2v) is 9.01. The molecule has 1 aromatic heterocycles. The summed E-state index contributed by atoms with van der Waals surface area (Å²) in [5, 5.41) is 0.143. The molecule has 0 aliphatic carbocycles. The van der Waals surface area contributed by atoms with E-state index in [9.17, 15) is 18.0 Å². The zero-order chi connectivity index (χ0) is 22.0. The van der Waals surface area contributed by atoms with Gasteiger partial charge in [-0.15, -0.1) is 0 Å². The van der Waals surface area contributed by atoms with Crippen LogP contribution in [-0.4, -0.2) is 30.0 Å². The third-order valence-corrected chi connectivity index (χ3v) is 5.80. The summed E-state index contributed by atoms with van der Waals surface area (Å²) >= 11 is 0. The second-order valence-electron chi connectivity index (χ2n) is 6.99. The molecule has 0 bridgehead atoms. The van der Waals surface area contributed by atoms with E-state index < -0.39 is 15.4 Å². The lowest BCUT2D eigenvalue weighted by atomic mass is 10.1. The lowest BCUT2D eigenvalue weighted by Gasteiger charge is -2.08. The molecule has 0 amide bonds. The smallest absolute Gasteiger partial charge is 0.261 e. The van der Waals surface area contributed by atoms with Crippen molar-refractivity contribution >= 4 is 26.5 Å². The number of fused-ring (bicyclic) bond motifs is 1. The van der Waals surface area contributed by atoms with Crippen LogP contribution in [0.4, 0.5) is 0 Å². The molecule has 156 valence electrons. The van der Waals surface area contributed by atoms with Crippen LogP contribution >= 0.6 is 0 Å². The van der Waals surface area contributed by atoms with Crippen LogP contribution in [0.3, 0.4) is 0 Å². The molecule has 3 aromatic carbocycles. The second kappa shape index (κ2) is 8.16. The van der Waals surface area contributed by atoms with Gasteiger partial charge in [-0.2, -0.15) is 0 Å². The Labute approximate surface area is 178 Å². The van der Waals surface area contributed by atoms with E-state index in [1.54, 1.807) is 24.3 Å². The predicted octanol–water partition coefficient (Wildman–Crippen LogP) is 3.48. The average molecular weight is 434 g/mol. The maximum absolute atomic E-state index is 12.8. The molecule has 0 atom stereocenters. The maximum atomic E-state index is 12.8. The molecule has 7 nitrogen and oxygen atoms in total. The summed E-state index contributed by atoms with van der Waals surface area (Å²) in [5.74, 6) is 0.984. The van der Waals surface area contributed by atoms with Crippen LogP contribution < -0.4 is 10.3 Å². The van der Waals surface area contributed by atoms with Gasteiger partial charge < -0.3 is 4.74 Å². The summed E-state index contributed by atoms with van der Waals surface area (Å²) in [6.07, 6.45) is 2.35. The average Bonchev–Trinajstić information content (AvgIpc) is 2.76. The highest BCUT2D eigenvalue weighted by atomic mass is 32.2. The largest absolute Gasteiger partial charge is 0.457 e. The topological polar surface area (TPSA) is 95.3 Å². The summed E-state index contributed by atoms with van der Waals surface area (Å²) in [4.78, 5) is 29.7. The Morgan fingerprint density at radius 1 is 0.968 bits per heavy atom. The minimum Gasteiger partial charge on any atom is -0.457 e. The molecular weight excluding hydrogens is 416 g/mol. The van der Waals surface area contributed by atoms with Crippen molar-refractivity contribution in [2.75, 3.05) is 6.26 Å². The van der Waals surface area contributed by atoms with Gasteiger partial charge in [0.25, 0.3) is 5.56 Å². The highest BCUT2D eigenvalue weighted by Crippen LogP contribution is 2.21.